The molecule has 1 aliphatic heterocycles. The second-order valence-corrected chi connectivity index (χ2v) is 7.77. The Kier molecular flexibility index (Phi) is 5.63. The van der Waals surface area contributed by atoms with E-state index in [1.165, 1.54) is 0 Å². The molecule has 0 saturated carbocycles. The number of methoxy groups -OCH3 is 1. The third kappa shape index (κ3) is 3.85. The van der Waals surface area contributed by atoms with Gasteiger partial charge in [-0.05, 0) is 39.0 Å². The monoisotopic (exact) mass is 408 g/mol. The van der Waals surface area contributed by atoms with E-state index in [2.05, 4.69) is 21.0 Å². The van der Waals surface area contributed by atoms with Gasteiger partial charge in [-0.15, -0.1) is 0 Å². The number of carbonyl (C=O) groups is 1. The molecule has 0 atom stereocenters. The van der Waals surface area contributed by atoms with Crippen molar-refractivity contribution in [3.05, 3.63) is 59.1 Å². The van der Waals surface area contributed by atoms with Crippen molar-refractivity contribution < 1.29 is 14.1 Å². The van der Waals surface area contributed by atoms with Crippen LogP contribution in [0.1, 0.15) is 27.5 Å². The average Bonchev–Trinajstić information content (AvgIpc) is 3.30. The topological polar surface area (TPSA) is 63.7 Å². The highest BCUT2D eigenvalue weighted by Crippen LogP contribution is 2.28. The first-order valence-corrected chi connectivity index (χ1v) is 10.2. The number of piperazine rings is 1. The van der Waals surface area contributed by atoms with Gasteiger partial charge in [0.05, 0.1) is 19.3 Å². The number of benzene rings is 1. The van der Waals surface area contributed by atoms with Crippen LogP contribution in [0.25, 0.3) is 5.82 Å². The molecule has 0 amide bonds. The lowest BCUT2D eigenvalue weighted by atomic mass is 10.1. The van der Waals surface area contributed by atoms with Crippen LogP contribution in [-0.4, -0.2) is 60.2 Å². The molecule has 1 aliphatic rings. The van der Waals surface area contributed by atoms with Crippen LogP contribution in [0.15, 0.2) is 40.9 Å². The Morgan fingerprint density at radius 3 is 2.50 bits per heavy atom. The molecule has 0 unspecified atom stereocenters. The van der Waals surface area contributed by atoms with Gasteiger partial charge in [0.25, 0.3) is 0 Å². The Morgan fingerprint density at radius 1 is 1.10 bits per heavy atom. The Labute approximate surface area is 176 Å². The molecule has 4 rings (SSSR count). The lowest BCUT2D eigenvalue weighted by molar-refractivity contribution is 0.0925. The number of para-hydroxylation sites is 2. The molecular formula is C23H28N4O3. The summed E-state index contributed by atoms with van der Waals surface area (Å²) in [4.78, 5) is 17.6. The van der Waals surface area contributed by atoms with E-state index in [1.54, 1.807) is 7.11 Å². The number of ether oxygens (including phenoxy) is 1. The van der Waals surface area contributed by atoms with Crippen molar-refractivity contribution in [2.45, 2.75) is 20.8 Å². The number of hydrogen-bond donors (Lipinski definition) is 0. The lowest BCUT2D eigenvalue weighted by Crippen LogP contribution is -2.48. The zero-order valence-electron chi connectivity index (χ0n) is 18.0. The van der Waals surface area contributed by atoms with Crippen molar-refractivity contribution >= 4 is 11.5 Å². The molecule has 158 valence electrons. The molecule has 0 bridgehead atoms. The minimum atomic E-state index is 0.139. The molecule has 3 aromatic rings. The van der Waals surface area contributed by atoms with Gasteiger partial charge in [0, 0.05) is 49.2 Å². The SMILES string of the molecule is COc1ccccc1N1CCN(CC(=O)c2cc(C)n(-c3cc(C)on3)c2C)CC1. The molecule has 1 saturated heterocycles. The van der Waals surface area contributed by atoms with E-state index in [0.717, 1.165) is 60.3 Å². The van der Waals surface area contributed by atoms with Crippen molar-refractivity contribution in [3.63, 3.8) is 0 Å². The Balaban J connectivity index is 1.42. The van der Waals surface area contributed by atoms with E-state index in [0.29, 0.717) is 12.4 Å². The fourth-order valence-electron chi connectivity index (χ4n) is 4.18. The normalized spacial score (nSPS) is 14.9. The molecule has 7 heteroatoms. The molecule has 0 N–H and O–H groups in total. The predicted molar refractivity (Wildman–Crippen MR) is 116 cm³/mol. The highest BCUT2D eigenvalue weighted by atomic mass is 16.5. The van der Waals surface area contributed by atoms with E-state index in [4.69, 9.17) is 9.26 Å². The molecular weight excluding hydrogens is 380 g/mol. The molecule has 3 heterocycles. The van der Waals surface area contributed by atoms with Gasteiger partial charge in [0.1, 0.15) is 11.5 Å². The first kappa shape index (κ1) is 20.2. The Hall–Kier alpha value is -3.06. The number of aryl methyl sites for hydroxylation is 2. The van der Waals surface area contributed by atoms with Gasteiger partial charge < -0.3 is 14.2 Å². The summed E-state index contributed by atoms with van der Waals surface area (Å²) in [7, 11) is 1.70. The summed E-state index contributed by atoms with van der Waals surface area (Å²) in [5.41, 5.74) is 3.74. The van der Waals surface area contributed by atoms with Crippen LogP contribution in [0.4, 0.5) is 5.69 Å². The Bertz CT molecular complexity index is 1040. The second kappa shape index (κ2) is 8.36. The van der Waals surface area contributed by atoms with Gasteiger partial charge in [-0.2, -0.15) is 0 Å². The Morgan fingerprint density at radius 2 is 1.83 bits per heavy atom. The van der Waals surface area contributed by atoms with E-state index >= 15 is 0 Å². The molecule has 7 nitrogen and oxygen atoms in total. The standard InChI is InChI=1S/C23H28N4O3/c1-16-13-19(18(3)27(16)23-14-17(2)30-24-23)21(28)15-25-9-11-26(12-10-25)20-7-5-6-8-22(20)29-4/h5-8,13-14H,9-12,15H2,1-4H3. The van der Waals surface area contributed by atoms with Gasteiger partial charge in [-0.25, -0.2) is 0 Å². The number of hydrogen-bond acceptors (Lipinski definition) is 6. The number of anilines is 1. The van der Waals surface area contributed by atoms with Gasteiger partial charge >= 0.3 is 0 Å². The number of rotatable bonds is 6. The summed E-state index contributed by atoms with van der Waals surface area (Å²) in [6.45, 7) is 9.64. The van der Waals surface area contributed by atoms with Crippen molar-refractivity contribution in [2.75, 3.05) is 44.7 Å². The minimum Gasteiger partial charge on any atom is -0.495 e. The van der Waals surface area contributed by atoms with Gasteiger partial charge in [0.15, 0.2) is 11.6 Å². The minimum absolute atomic E-state index is 0.139. The van der Waals surface area contributed by atoms with E-state index in [1.807, 2.05) is 55.7 Å². The molecule has 30 heavy (non-hydrogen) atoms. The van der Waals surface area contributed by atoms with Gasteiger partial charge in [-0.1, -0.05) is 17.3 Å². The van der Waals surface area contributed by atoms with Gasteiger partial charge in [0.2, 0.25) is 0 Å². The van der Waals surface area contributed by atoms with Crippen LogP contribution in [0.5, 0.6) is 5.75 Å². The van der Waals surface area contributed by atoms with Crippen molar-refractivity contribution in [3.8, 4) is 11.6 Å². The number of ketones is 1. The maximum Gasteiger partial charge on any atom is 0.180 e. The van der Waals surface area contributed by atoms with E-state index in [9.17, 15) is 4.79 Å². The number of Topliss-reactive ketones (excluding diaryl/α,β-unsaturated/α-hetero) is 1. The third-order valence-electron chi connectivity index (χ3n) is 5.74. The fourth-order valence-corrected chi connectivity index (χ4v) is 4.18. The summed E-state index contributed by atoms with van der Waals surface area (Å²) in [6, 6.07) is 11.9. The van der Waals surface area contributed by atoms with E-state index in [-0.39, 0.29) is 5.78 Å². The van der Waals surface area contributed by atoms with Crippen molar-refractivity contribution in [2.24, 2.45) is 0 Å². The maximum atomic E-state index is 13.1. The average molecular weight is 409 g/mol. The summed E-state index contributed by atoms with van der Waals surface area (Å²) < 4.78 is 12.7. The van der Waals surface area contributed by atoms with Crippen LogP contribution in [-0.2, 0) is 0 Å². The van der Waals surface area contributed by atoms with Crippen LogP contribution in [0, 0.1) is 20.8 Å². The highest BCUT2D eigenvalue weighted by molar-refractivity contribution is 5.99. The van der Waals surface area contributed by atoms with Crippen molar-refractivity contribution in [1.29, 1.82) is 0 Å². The summed E-state index contributed by atoms with van der Waals surface area (Å²) in [5, 5.41) is 4.10. The summed E-state index contributed by atoms with van der Waals surface area (Å²) in [6.07, 6.45) is 0. The molecule has 0 spiro atoms. The predicted octanol–water partition coefficient (Wildman–Crippen LogP) is 3.40. The first-order chi connectivity index (χ1) is 14.5. The smallest absolute Gasteiger partial charge is 0.180 e. The van der Waals surface area contributed by atoms with Crippen molar-refractivity contribution in [1.82, 2.24) is 14.6 Å². The number of nitrogens with zero attached hydrogens (tertiary/aromatic N) is 4. The number of carbonyl (C=O) groups excluding carboxylic acids is 1. The summed E-state index contributed by atoms with van der Waals surface area (Å²) in [5.74, 6) is 2.49. The quantitative estimate of drug-likeness (QED) is 0.583. The third-order valence-corrected chi connectivity index (χ3v) is 5.74. The lowest BCUT2D eigenvalue weighted by Gasteiger charge is -2.36. The zero-order valence-corrected chi connectivity index (χ0v) is 18.0. The van der Waals surface area contributed by atoms with Crippen LogP contribution in [0.3, 0.4) is 0 Å². The van der Waals surface area contributed by atoms with Crippen LogP contribution in [0.2, 0.25) is 0 Å². The number of aromatic nitrogens is 2. The maximum absolute atomic E-state index is 13.1. The second-order valence-electron chi connectivity index (χ2n) is 7.77. The molecule has 0 radical (unpaired) electrons. The molecule has 1 aromatic carbocycles. The summed E-state index contributed by atoms with van der Waals surface area (Å²) >= 11 is 0. The van der Waals surface area contributed by atoms with E-state index < -0.39 is 0 Å². The molecule has 0 aliphatic carbocycles. The molecule has 1 fully saturated rings. The van der Waals surface area contributed by atoms with Crippen LogP contribution < -0.4 is 9.64 Å². The molecule has 2 aromatic heterocycles. The fraction of sp³-hybridized carbons (Fsp3) is 0.391. The zero-order chi connectivity index (χ0) is 21.3. The van der Waals surface area contributed by atoms with Crippen LogP contribution >= 0.6 is 0 Å². The first-order valence-electron chi connectivity index (χ1n) is 10.2. The largest absolute Gasteiger partial charge is 0.495 e. The highest BCUT2D eigenvalue weighted by Gasteiger charge is 2.24. The van der Waals surface area contributed by atoms with Gasteiger partial charge in [-0.3, -0.25) is 14.3 Å².